The van der Waals surface area contributed by atoms with E-state index >= 15 is 0 Å². The second kappa shape index (κ2) is 6.06. The van der Waals surface area contributed by atoms with Crippen molar-refractivity contribution in [3.05, 3.63) is 30.3 Å². The zero-order valence-electron chi connectivity index (χ0n) is 11.6. The number of carboxylic acids is 1. The third-order valence-electron chi connectivity index (χ3n) is 3.98. The normalized spacial score (nSPS) is 25.1. The summed E-state index contributed by atoms with van der Waals surface area (Å²) in [6.45, 7) is 3.90. The maximum Gasteiger partial charge on any atom is 0.305 e. The van der Waals surface area contributed by atoms with Crippen molar-refractivity contribution in [2.24, 2.45) is 0 Å². The summed E-state index contributed by atoms with van der Waals surface area (Å²) in [5.74, 6) is -0.728. The summed E-state index contributed by atoms with van der Waals surface area (Å²) in [7, 11) is 2.08. The number of carboxylic acid groups (broad SMARTS) is 1. The van der Waals surface area contributed by atoms with Gasteiger partial charge in [0.05, 0.1) is 12.5 Å². The number of carbonyl (C=O) groups is 1. The molecule has 1 aliphatic rings. The van der Waals surface area contributed by atoms with Gasteiger partial charge in [-0.1, -0.05) is 18.2 Å². The van der Waals surface area contributed by atoms with Gasteiger partial charge in [-0.3, -0.25) is 4.79 Å². The Morgan fingerprint density at radius 2 is 2.05 bits per heavy atom. The zero-order chi connectivity index (χ0) is 13.8. The highest BCUT2D eigenvalue weighted by molar-refractivity contribution is 5.68. The first kappa shape index (κ1) is 13.9. The lowest BCUT2D eigenvalue weighted by molar-refractivity contribution is -0.137. The van der Waals surface area contributed by atoms with E-state index in [9.17, 15) is 4.79 Å². The van der Waals surface area contributed by atoms with Crippen LogP contribution in [0.15, 0.2) is 30.3 Å². The van der Waals surface area contributed by atoms with E-state index in [1.807, 2.05) is 18.2 Å². The van der Waals surface area contributed by atoms with Gasteiger partial charge < -0.3 is 14.9 Å². The lowest BCUT2D eigenvalue weighted by Gasteiger charge is -2.32. The molecule has 2 unspecified atom stereocenters. The predicted molar refractivity (Wildman–Crippen MR) is 76.5 cm³/mol. The molecule has 1 heterocycles. The molecule has 0 amide bonds. The highest BCUT2D eigenvalue weighted by Crippen LogP contribution is 2.23. The maximum absolute atomic E-state index is 11.1. The molecule has 1 fully saturated rings. The highest BCUT2D eigenvalue weighted by atomic mass is 16.4. The molecule has 4 heteroatoms. The summed E-state index contributed by atoms with van der Waals surface area (Å²) in [6, 6.07) is 10.6. The van der Waals surface area contributed by atoms with E-state index in [2.05, 4.69) is 35.9 Å². The van der Waals surface area contributed by atoms with Crippen molar-refractivity contribution in [1.82, 2.24) is 4.90 Å². The number of benzene rings is 1. The van der Waals surface area contributed by atoms with E-state index < -0.39 is 5.97 Å². The summed E-state index contributed by atoms with van der Waals surface area (Å²) >= 11 is 0. The smallest absolute Gasteiger partial charge is 0.305 e. The van der Waals surface area contributed by atoms with Gasteiger partial charge in [-0.15, -0.1) is 0 Å². The molecule has 0 saturated carbocycles. The van der Waals surface area contributed by atoms with Crippen molar-refractivity contribution >= 4 is 11.7 Å². The van der Waals surface area contributed by atoms with Gasteiger partial charge in [-0.25, -0.2) is 0 Å². The van der Waals surface area contributed by atoms with Crippen molar-refractivity contribution in [3.63, 3.8) is 0 Å². The fourth-order valence-electron chi connectivity index (χ4n) is 2.68. The molecular formula is C15H22N2O2. The van der Waals surface area contributed by atoms with E-state index in [1.54, 1.807) is 0 Å². The summed E-state index contributed by atoms with van der Waals surface area (Å²) in [6.07, 6.45) is 1.24. The second-order valence-corrected chi connectivity index (χ2v) is 5.36. The Morgan fingerprint density at radius 3 is 2.68 bits per heavy atom. The van der Waals surface area contributed by atoms with Gasteiger partial charge in [-0.2, -0.15) is 0 Å². The van der Waals surface area contributed by atoms with E-state index in [0.717, 1.165) is 25.2 Å². The molecule has 0 aliphatic carbocycles. The number of rotatable bonds is 3. The van der Waals surface area contributed by atoms with Crippen molar-refractivity contribution in [2.75, 3.05) is 25.0 Å². The van der Waals surface area contributed by atoms with Crippen molar-refractivity contribution in [2.45, 2.75) is 31.8 Å². The summed E-state index contributed by atoms with van der Waals surface area (Å²) in [4.78, 5) is 15.6. The minimum atomic E-state index is -0.728. The first-order valence-electron chi connectivity index (χ1n) is 6.81. The van der Waals surface area contributed by atoms with Gasteiger partial charge in [0.15, 0.2) is 0 Å². The average molecular weight is 262 g/mol. The topological polar surface area (TPSA) is 43.8 Å². The van der Waals surface area contributed by atoms with Gasteiger partial charge in [0.1, 0.15) is 0 Å². The molecule has 1 saturated heterocycles. The van der Waals surface area contributed by atoms with Gasteiger partial charge in [-0.05, 0) is 32.5 Å². The van der Waals surface area contributed by atoms with E-state index in [1.165, 1.54) is 0 Å². The predicted octanol–water partition coefficient (Wildman–Crippen LogP) is 2.06. The minimum absolute atomic E-state index is 0.0369. The second-order valence-electron chi connectivity index (χ2n) is 5.36. The number of hydrogen-bond donors (Lipinski definition) is 1. The lowest BCUT2D eigenvalue weighted by Crippen LogP contribution is -2.42. The molecule has 4 nitrogen and oxygen atoms in total. The molecule has 104 valence electrons. The lowest BCUT2D eigenvalue weighted by atomic mass is 10.1. The molecule has 2 atom stereocenters. The third-order valence-corrected chi connectivity index (χ3v) is 3.98. The van der Waals surface area contributed by atoms with Crippen molar-refractivity contribution < 1.29 is 9.90 Å². The molecule has 1 aliphatic heterocycles. The highest BCUT2D eigenvalue weighted by Gasteiger charge is 2.28. The van der Waals surface area contributed by atoms with Crippen LogP contribution in [0.25, 0.3) is 0 Å². The van der Waals surface area contributed by atoms with Crippen LogP contribution in [0.3, 0.4) is 0 Å². The number of anilines is 1. The van der Waals surface area contributed by atoms with Crippen LogP contribution >= 0.6 is 0 Å². The van der Waals surface area contributed by atoms with Crippen LogP contribution in [-0.4, -0.2) is 48.2 Å². The van der Waals surface area contributed by atoms with Crippen LogP contribution in [0.4, 0.5) is 5.69 Å². The number of likely N-dealkylation sites (N-methyl/N-ethyl adjacent to an activating group) is 1. The average Bonchev–Trinajstić information content (AvgIpc) is 2.51. The van der Waals surface area contributed by atoms with Gasteiger partial charge in [0.25, 0.3) is 0 Å². The standard InChI is InChI=1S/C15H22N2O2/c1-12-8-9-17(13-6-4-3-5-7-13)14(10-15(18)19)11-16(12)2/h3-7,12,14H,8-11H2,1-2H3,(H,18,19). The fraction of sp³-hybridized carbons (Fsp3) is 0.533. The molecule has 2 rings (SSSR count). The van der Waals surface area contributed by atoms with Gasteiger partial charge in [0, 0.05) is 24.8 Å². The van der Waals surface area contributed by atoms with E-state index in [0.29, 0.717) is 6.04 Å². The Bertz CT molecular complexity index is 421. The number of para-hydroxylation sites is 1. The van der Waals surface area contributed by atoms with Crippen LogP contribution in [0, 0.1) is 0 Å². The fourth-order valence-corrected chi connectivity index (χ4v) is 2.68. The van der Waals surface area contributed by atoms with Gasteiger partial charge in [0.2, 0.25) is 0 Å². The Labute approximate surface area is 114 Å². The number of nitrogens with zero attached hydrogens (tertiary/aromatic N) is 2. The monoisotopic (exact) mass is 262 g/mol. The van der Waals surface area contributed by atoms with Crippen molar-refractivity contribution in [3.8, 4) is 0 Å². The van der Waals surface area contributed by atoms with E-state index in [-0.39, 0.29) is 12.5 Å². The minimum Gasteiger partial charge on any atom is -0.481 e. The SMILES string of the molecule is CC1CCN(c2ccccc2)C(CC(=O)O)CN1C. The van der Waals surface area contributed by atoms with Crippen LogP contribution < -0.4 is 4.90 Å². The Kier molecular flexibility index (Phi) is 4.43. The van der Waals surface area contributed by atoms with Crippen LogP contribution in [0.2, 0.25) is 0 Å². The van der Waals surface area contributed by atoms with Crippen molar-refractivity contribution in [1.29, 1.82) is 0 Å². The maximum atomic E-state index is 11.1. The number of hydrogen-bond acceptors (Lipinski definition) is 3. The summed E-state index contributed by atoms with van der Waals surface area (Å²) < 4.78 is 0. The Hall–Kier alpha value is -1.55. The molecule has 1 aromatic carbocycles. The van der Waals surface area contributed by atoms with Crippen LogP contribution in [-0.2, 0) is 4.79 Å². The molecule has 0 aromatic heterocycles. The molecule has 0 spiro atoms. The van der Waals surface area contributed by atoms with E-state index in [4.69, 9.17) is 5.11 Å². The third kappa shape index (κ3) is 3.47. The molecule has 0 bridgehead atoms. The summed E-state index contributed by atoms with van der Waals surface area (Å²) in [5.41, 5.74) is 1.12. The van der Waals surface area contributed by atoms with Crippen LogP contribution in [0.1, 0.15) is 19.8 Å². The number of aliphatic carboxylic acids is 1. The summed E-state index contributed by atoms with van der Waals surface area (Å²) in [5, 5.41) is 9.13. The molecule has 0 radical (unpaired) electrons. The molecule has 1 aromatic rings. The zero-order valence-corrected chi connectivity index (χ0v) is 11.6. The Morgan fingerprint density at radius 1 is 1.37 bits per heavy atom. The quantitative estimate of drug-likeness (QED) is 0.905. The first-order valence-corrected chi connectivity index (χ1v) is 6.81. The van der Waals surface area contributed by atoms with Gasteiger partial charge >= 0.3 is 5.97 Å². The first-order chi connectivity index (χ1) is 9.08. The molecule has 1 N–H and O–H groups in total. The van der Waals surface area contributed by atoms with Crippen LogP contribution in [0.5, 0.6) is 0 Å². The molecule has 19 heavy (non-hydrogen) atoms. The Balaban J connectivity index is 2.23. The largest absolute Gasteiger partial charge is 0.481 e. The molecular weight excluding hydrogens is 240 g/mol.